The molecule has 0 aromatic heterocycles. The van der Waals surface area contributed by atoms with Gasteiger partial charge in [-0.2, -0.15) is 0 Å². The molecule has 0 atom stereocenters. The van der Waals surface area contributed by atoms with Crippen LogP contribution in [0, 0.1) is 19.3 Å². The Morgan fingerprint density at radius 2 is 2.08 bits per heavy atom. The molecule has 1 aromatic rings. The highest BCUT2D eigenvalue weighted by atomic mass is 13.9. The minimum Gasteiger partial charge on any atom is -0.115 e. The molecular formula is C12H12. The zero-order valence-corrected chi connectivity index (χ0v) is 7.46. The van der Waals surface area contributed by atoms with Gasteiger partial charge in [-0.05, 0) is 30.4 Å². The third-order valence-electron chi connectivity index (χ3n) is 1.79. The van der Waals surface area contributed by atoms with E-state index >= 15 is 0 Å². The summed E-state index contributed by atoms with van der Waals surface area (Å²) in [5.41, 5.74) is 1.24. The van der Waals surface area contributed by atoms with E-state index in [1.54, 1.807) is 6.08 Å². The van der Waals surface area contributed by atoms with Crippen molar-refractivity contribution in [1.82, 2.24) is 0 Å². The lowest BCUT2D eigenvalue weighted by Crippen LogP contribution is -2.23. The molecule has 0 aliphatic rings. The molecule has 0 N–H and O–H groups in total. The molecule has 1 aromatic carbocycles. The molecule has 0 heteroatoms. The van der Waals surface area contributed by atoms with Gasteiger partial charge in [-0.25, -0.2) is 0 Å². The highest BCUT2D eigenvalue weighted by Gasteiger charge is 1.84. The molecule has 12 heavy (non-hydrogen) atoms. The summed E-state index contributed by atoms with van der Waals surface area (Å²) >= 11 is 0. The summed E-state index contributed by atoms with van der Waals surface area (Å²) in [6, 6.07) is 6.26. The van der Waals surface area contributed by atoms with Crippen LogP contribution in [0.1, 0.15) is 12.5 Å². The zero-order valence-electron chi connectivity index (χ0n) is 7.46. The first-order valence-corrected chi connectivity index (χ1v) is 3.97. The quantitative estimate of drug-likeness (QED) is 0.495. The van der Waals surface area contributed by atoms with E-state index in [0.29, 0.717) is 0 Å². The van der Waals surface area contributed by atoms with Gasteiger partial charge in [0.15, 0.2) is 0 Å². The predicted octanol–water partition coefficient (Wildman–Crippen LogP) is 1.21. The summed E-state index contributed by atoms with van der Waals surface area (Å²) in [7, 11) is 0. The van der Waals surface area contributed by atoms with E-state index in [-0.39, 0.29) is 0 Å². The Bertz CT molecular complexity index is 416. The van der Waals surface area contributed by atoms with E-state index < -0.39 is 0 Å². The van der Waals surface area contributed by atoms with E-state index in [1.807, 2.05) is 6.92 Å². The molecule has 0 heterocycles. The van der Waals surface area contributed by atoms with Gasteiger partial charge in [0.25, 0.3) is 0 Å². The normalized spacial score (nSPS) is 13.1. The second-order valence-electron chi connectivity index (χ2n) is 2.73. The third-order valence-corrected chi connectivity index (χ3v) is 1.79. The summed E-state index contributed by atoms with van der Waals surface area (Å²) in [6.45, 7) is 4.08. The first-order valence-electron chi connectivity index (χ1n) is 3.97. The monoisotopic (exact) mass is 156 g/mol. The van der Waals surface area contributed by atoms with Crippen LogP contribution in [0.3, 0.4) is 0 Å². The van der Waals surface area contributed by atoms with Crippen LogP contribution in [-0.4, -0.2) is 0 Å². The predicted molar refractivity (Wildman–Crippen MR) is 53.9 cm³/mol. The number of hydrogen-bond donors (Lipinski definition) is 0. The van der Waals surface area contributed by atoms with Crippen molar-refractivity contribution in [2.24, 2.45) is 0 Å². The van der Waals surface area contributed by atoms with Crippen molar-refractivity contribution in [3.63, 3.8) is 0 Å². The summed E-state index contributed by atoms with van der Waals surface area (Å²) in [6.07, 6.45) is 9.07. The fourth-order valence-electron chi connectivity index (χ4n) is 1.17. The first-order chi connectivity index (χ1) is 5.77. The molecule has 60 valence electrons. The second kappa shape index (κ2) is 3.78. The molecule has 0 bridgehead atoms. The van der Waals surface area contributed by atoms with Crippen LogP contribution >= 0.6 is 0 Å². The number of rotatable bonds is 0. The number of benzene rings is 1. The van der Waals surface area contributed by atoms with E-state index in [4.69, 9.17) is 6.42 Å². The molecule has 0 aliphatic carbocycles. The molecule has 0 aliphatic heterocycles. The van der Waals surface area contributed by atoms with Crippen molar-refractivity contribution >= 4 is 12.2 Å². The van der Waals surface area contributed by atoms with Crippen LogP contribution in [0.25, 0.3) is 12.2 Å². The Hall–Kier alpha value is -1.48. The van der Waals surface area contributed by atoms with Gasteiger partial charge in [-0.3, -0.25) is 0 Å². The lowest BCUT2D eigenvalue weighted by atomic mass is 10.1. The van der Waals surface area contributed by atoms with Crippen molar-refractivity contribution in [3.8, 4) is 12.3 Å². The van der Waals surface area contributed by atoms with Gasteiger partial charge >= 0.3 is 0 Å². The summed E-state index contributed by atoms with van der Waals surface area (Å²) in [5.74, 6) is 2.54. The summed E-state index contributed by atoms with van der Waals surface area (Å²) in [5, 5.41) is 2.32. The second-order valence-corrected chi connectivity index (χ2v) is 2.73. The van der Waals surface area contributed by atoms with Gasteiger partial charge in [0.1, 0.15) is 0 Å². The topological polar surface area (TPSA) is 0 Å². The largest absolute Gasteiger partial charge is 0.115 e. The lowest BCUT2D eigenvalue weighted by molar-refractivity contribution is 1.40. The first kappa shape index (κ1) is 8.62. The van der Waals surface area contributed by atoms with Crippen LogP contribution in [0.4, 0.5) is 0 Å². The third kappa shape index (κ3) is 1.77. The highest BCUT2D eigenvalue weighted by Crippen LogP contribution is 1.85. The fourth-order valence-corrected chi connectivity index (χ4v) is 1.17. The van der Waals surface area contributed by atoms with Crippen LogP contribution in [0.15, 0.2) is 18.2 Å². The number of hydrogen-bond acceptors (Lipinski definition) is 0. The van der Waals surface area contributed by atoms with Gasteiger partial charge in [-0.1, -0.05) is 35.8 Å². The van der Waals surface area contributed by atoms with Crippen LogP contribution in [0.5, 0.6) is 0 Å². The minimum absolute atomic E-state index is 1.13. The maximum atomic E-state index is 5.21. The molecule has 1 rings (SSSR count). The van der Waals surface area contributed by atoms with Crippen molar-refractivity contribution < 1.29 is 0 Å². The molecule has 0 fully saturated rings. The van der Waals surface area contributed by atoms with Crippen LogP contribution < -0.4 is 10.4 Å². The maximum Gasteiger partial charge on any atom is -0.00430 e. The Morgan fingerprint density at radius 3 is 2.67 bits per heavy atom. The Balaban J connectivity index is 3.57. The average Bonchev–Trinajstić information content (AvgIpc) is 2.05. The van der Waals surface area contributed by atoms with Gasteiger partial charge in [-0.15, -0.1) is 6.42 Å². The maximum absolute atomic E-state index is 5.21. The van der Waals surface area contributed by atoms with Crippen molar-refractivity contribution in [3.05, 3.63) is 34.2 Å². The number of aryl methyl sites for hydroxylation is 1. The SMILES string of the molecule is C#C/C=c1/cc(C)cc/c1=C/C. The van der Waals surface area contributed by atoms with Crippen LogP contribution in [-0.2, 0) is 0 Å². The van der Waals surface area contributed by atoms with Gasteiger partial charge in [0, 0.05) is 0 Å². The van der Waals surface area contributed by atoms with Gasteiger partial charge in [0.05, 0.1) is 0 Å². The molecule has 0 spiro atoms. The van der Waals surface area contributed by atoms with Gasteiger partial charge < -0.3 is 0 Å². The highest BCUT2D eigenvalue weighted by molar-refractivity contribution is 5.45. The lowest BCUT2D eigenvalue weighted by Gasteiger charge is -1.91. The van der Waals surface area contributed by atoms with E-state index in [9.17, 15) is 0 Å². The van der Waals surface area contributed by atoms with E-state index in [2.05, 4.69) is 37.1 Å². The minimum atomic E-state index is 1.13. The molecule has 0 radical (unpaired) electrons. The molecule has 0 amide bonds. The standard InChI is InChI=1S/C12H12/c1-4-6-12-9-10(3)7-8-11(12)5-2/h1,5-9H,2-3H3/b11-5-,12-6-. The van der Waals surface area contributed by atoms with Crippen LogP contribution in [0.2, 0.25) is 0 Å². The molecule has 0 saturated carbocycles. The van der Waals surface area contributed by atoms with Crippen molar-refractivity contribution in [2.75, 3.05) is 0 Å². The molecule has 0 nitrogen and oxygen atoms in total. The molecule has 0 saturated heterocycles. The summed E-state index contributed by atoms with van der Waals surface area (Å²) in [4.78, 5) is 0. The average molecular weight is 156 g/mol. The Morgan fingerprint density at radius 1 is 1.33 bits per heavy atom. The van der Waals surface area contributed by atoms with E-state index in [1.165, 1.54) is 10.8 Å². The fraction of sp³-hybridized carbons (Fsp3) is 0.167. The van der Waals surface area contributed by atoms with Crippen molar-refractivity contribution in [2.45, 2.75) is 13.8 Å². The Labute approximate surface area is 73.2 Å². The Kier molecular flexibility index (Phi) is 2.71. The van der Waals surface area contributed by atoms with Gasteiger partial charge in [0.2, 0.25) is 0 Å². The summed E-state index contributed by atoms with van der Waals surface area (Å²) < 4.78 is 0. The zero-order chi connectivity index (χ0) is 8.97. The van der Waals surface area contributed by atoms with E-state index in [0.717, 1.165) is 5.22 Å². The number of terminal acetylenes is 1. The smallest absolute Gasteiger partial charge is 0.00430 e. The van der Waals surface area contributed by atoms with Crippen molar-refractivity contribution in [1.29, 1.82) is 0 Å². The molecule has 0 unspecified atom stereocenters. The molecular weight excluding hydrogens is 144 g/mol.